The molecule has 20 heavy (non-hydrogen) atoms. The molecule has 3 rings (SSSR count). The number of rotatable bonds is 3. The maximum atomic E-state index is 6.04. The minimum absolute atomic E-state index is 0.339. The highest BCUT2D eigenvalue weighted by molar-refractivity contribution is 6.17. The Morgan fingerprint density at radius 1 is 1.35 bits per heavy atom. The number of alkyl halides is 1. The summed E-state index contributed by atoms with van der Waals surface area (Å²) in [6.07, 6.45) is 1.96. The smallest absolute Gasteiger partial charge is 0.129 e. The molecule has 0 saturated carbocycles. The van der Waals surface area contributed by atoms with E-state index < -0.39 is 0 Å². The molecule has 6 heteroatoms. The molecular weight excluding hydrogens is 276 g/mol. The van der Waals surface area contributed by atoms with Crippen LogP contribution in [0.5, 0.6) is 5.75 Å². The monoisotopic (exact) mass is 290 g/mol. The molecule has 2 aromatic heterocycles. The van der Waals surface area contributed by atoms with Crippen LogP contribution in [-0.4, -0.2) is 26.4 Å². The van der Waals surface area contributed by atoms with Gasteiger partial charge in [0.15, 0.2) is 0 Å². The molecule has 0 spiro atoms. The summed E-state index contributed by atoms with van der Waals surface area (Å²) in [4.78, 5) is 4.57. The number of ether oxygens (including phenoxy) is 1. The van der Waals surface area contributed by atoms with Crippen LogP contribution in [0, 0.1) is 6.92 Å². The van der Waals surface area contributed by atoms with Gasteiger partial charge >= 0.3 is 0 Å². The van der Waals surface area contributed by atoms with Crippen molar-refractivity contribution in [2.45, 2.75) is 12.8 Å². The molecule has 3 aromatic rings. The van der Waals surface area contributed by atoms with Crippen LogP contribution < -0.4 is 4.74 Å². The molecule has 0 atom stereocenters. The Labute approximate surface area is 121 Å². The van der Waals surface area contributed by atoms with Crippen LogP contribution in [0.25, 0.3) is 16.7 Å². The molecule has 0 aliphatic heterocycles. The average Bonchev–Trinajstić information content (AvgIpc) is 2.96. The van der Waals surface area contributed by atoms with Crippen LogP contribution in [0.15, 0.2) is 24.4 Å². The van der Waals surface area contributed by atoms with E-state index in [1.54, 1.807) is 11.8 Å². The third kappa shape index (κ3) is 1.94. The molecule has 0 bridgehead atoms. The second kappa shape index (κ2) is 4.83. The number of fused-ring (bicyclic) bond motifs is 1. The second-order valence-corrected chi connectivity index (χ2v) is 4.89. The van der Waals surface area contributed by atoms with E-state index in [4.69, 9.17) is 16.3 Å². The van der Waals surface area contributed by atoms with E-state index in [1.165, 1.54) is 0 Å². The molecule has 5 nitrogen and oxygen atoms in total. The molecule has 0 fully saturated rings. The molecule has 104 valence electrons. The van der Waals surface area contributed by atoms with Gasteiger partial charge in [-0.2, -0.15) is 5.10 Å². The molecule has 1 aromatic carbocycles. The molecule has 0 unspecified atom stereocenters. The third-order valence-electron chi connectivity index (χ3n) is 3.28. The van der Waals surface area contributed by atoms with Crippen LogP contribution >= 0.6 is 11.6 Å². The first-order valence-electron chi connectivity index (χ1n) is 6.26. The summed E-state index contributed by atoms with van der Waals surface area (Å²) in [5.41, 5.74) is 3.78. The van der Waals surface area contributed by atoms with Crippen molar-refractivity contribution < 1.29 is 4.74 Å². The van der Waals surface area contributed by atoms with E-state index in [9.17, 15) is 0 Å². The van der Waals surface area contributed by atoms with Crippen molar-refractivity contribution in [1.82, 2.24) is 19.3 Å². The van der Waals surface area contributed by atoms with Gasteiger partial charge in [0.2, 0.25) is 0 Å². The highest BCUT2D eigenvalue weighted by Crippen LogP contribution is 2.27. The highest BCUT2D eigenvalue weighted by Gasteiger charge is 2.16. The lowest BCUT2D eigenvalue weighted by Crippen LogP contribution is -2.00. The van der Waals surface area contributed by atoms with Crippen molar-refractivity contribution in [2.24, 2.45) is 7.05 Å². The van der Waals surface area contributed by atoms with Crippen molar-refractivity contribution in [3.63, 3.8) is 0 Å². The number of benzene rings is 1. The number of nitrogens with zero attached hydrogens (tertiary/aromatic N) is 4. The minimum atomic E-state index is 0.339. The summed E-state index contributed by atoms with van der Waals surface area (Å²) in [7, 11) is 3.55. The quantitative estimate of drug-likeness (QED) is 0.697. The summed E-state index contributed by atoms with van der Waals surface area (Å²) in [5.74, 6) is 1.93. The maximum absolute atomic E-state index is 6.04. The van der Waals surface area contributed by atoms with Crippen LogP contribution in [0.2, 0.25) is 0 Å². The topological polar surface area (TPSA) is 44.9 Å². The molecule has 0 saturated heterocycles. The first-order valence-corrected chi connectivity index (χ1v) is 6.79. The van der Waals surface area contributed by atoms with E-state index in [1.807, 2.05) is 42.9 Å². The van der Waals surface area contributed by atoms with Gasteiger partial charge in [0.05, 0.1) is 35.4 Å². The Kier molecular flexibility index (Phi) is 3.14. The van der Waals surface area contributed by atoms with E-state index in [-0.39, 0.29) is 0 Å². The number of methoxy groups -OCH3 is 1. The van der Waals surface area contributed by atoms with Gasteiger partial charge in [-0.3, -0.25) is 9.25 Å². The normalized spacial score (nSPS) is 11.2. The Bertz CT molecular complexity index is 775. The predicted molar refractivity (Wildman–Crippen MR) is 78.7 cm³/mol. The molecule has 0 amide bonds. The standard InChI is InChI=1S/C14H15ClN4O/c1-9-13(8-18(2)17-9)19-12-6-10(20-3)4-5-11(12)16-14(19)7-15/h4-6,8H,7H2,1-3H3. The zero-order valence-electron chi connectivity index (χ0n) is 11.6. The van der Waals surface area contributed by atoms with Gasteiger partial charge in [-0.05, 0) is 19.1 Å². The minimum Gasteiger partial charge on any atom is -0.497 e. The number of hydrogen-bond donors (Lipinski definition) is 0. The van der Waals surface area contributed by atoms with E-state index >= 15 is 0 Å². The van der Waals surface area contributed by atoms with Crippen LogP contribution in [0.3, 0.4) is 0 Å². The lowest BCUT2D eigenvalue weighted by molar-refractivity contribution is 0.415. The molecule has 0 aliphatic carbocycles. The highest BCUT2D eigenvalue weighted by atomic mass is 35.5. The van der Waals surface area contributed by atoms with Gasteiger partial charge in [0, 0.05) is 19.3 Å². The fourth-order valence-electron chi connectivity index (χ4n) is 2.40. The summed E-state index contributed by atoms with van der Waals surface area (Å²) in [6.45, 7) is 1.97. The van der Waals surface area contributed by atoms with Crippen molar-refractivity contribution in [2.75, 3.05) is 7.11 Å². The predicted octanol–water partition coefficient (Wildman–Crippen LogP) is 2.81. The van der Waals surface area contributed by atoms with Gasteiger partial charge in [-0.1, -0.05) is 0 Å². The second-order valence-electron chi connectivity index (χ2n) is 4.63. The van der Waals surface area contributed by atoms with Gasteiger partial charge in [-0.25, -0.2) is 4.98 Å². The Morgan fingerprint density at radius 2 is 2.15 bits per heavy atom. The number of halogens is 1. The van der Waals surface area contributed by atoms with Crippen LogP contribution in [-0.2, 0) is 12.9 Å². The zero-order valence-corrected chi connectivity index (χ0v) is 12.3. The molecule has 0 aliphatic rings. The first-order chi connectivity index (χ1) is 9.63. The van der Waals surface area contributed by atoms with Gasteiger partial charge < -0.3 is 4.74 Å². The van der Waals surface area contributed by atoms with Gasteiger partial charge in [-0.15, -0.1) is 11.6 Å². The van der Waals surface area contributed by atoms with E-state index in [2.05, 4.69) is 10.1 Å². The lowest BCUT2D eigenvalue weighted by Gasteiger charge is -2.06. The maximum Gasteiger partial charge on any atom is 0.129 e. The molecule has 0 N–H and O–H groups in total. The Morgan fingerprint density at radius 3 is 2.75 bits per heavy atom. The average molecular weight is 291 g/mol. The van der Waals surface area contributed by atoms with Crippen molar-refractivity contribution in [1.29, 1.82) is 0 Å². The van der Waals surface area contributed by atoms with Crippen molar-refractivity contribution >= 4 is 22.6 Å². The van der Waals surface area contributed by atoms with Crippen LogP contribution in [0.4, 0.5) is 0 Å². The molecule has 0 radical (unpaired) electrons. The largest absolute Gasteiger partial charge is 0.497 e. The van der Waals surface area contributed by atoms with Crippen molar-refractivity contribution in [3.8, 4) is 11.4 Å². The molecule has 2 heterocycles. The zero-order chi connectivity index (χ0) is 14.3. The van der Waals surface area contributed by atoms with Crippen molar-refractivity contribution in [3.05, 3.63) is 35.9 Å². The summed E-state index contributed by atoms with van der Waals surface area (Å²) >= 11 is 6.04. The first kappa shape index (κ1) is 13.0. The number of imidazole rings is 1. The fraction of sp³-hybridized carbons (Fsp3) is 0.286. The summed E-state index contributed by atoms with van der Waals surface area (Å²) < 4.78 is 9.12. The number of aromatic nitrogens is 4. The van der Waals surface area contributed by atoms with Gasteiger partial charge in [0.25, 0.3) is 0 Å². The Balaban J connectivity index is 2.34. The third-order valence-corrected chi connectivity index (χ3v) is 3.52. The number of aryl methyl sites for hydroxylation is 2. The number of hydrogen-bond acceptors (Lipinski definition) is 3. The SMILES string of the molecule is COc1ccc2nc(CCl)n(-c3cn(C)nc3C)c2c1. The summed E-state index contributed by atoms with van der Waals surface area (Å²) in [5, 5.41) is 4.39. The van der Waals surface area contributed by atoms with Gasteiger partial charge in [0.1, 0.15) is 11.6 Å². The lowest BCUT2D eigenvalue weighted by atomic mass is 10.3. The summed E-state index contributed by atoms with van der Waals surface area (Å²) in [6, 6.07) is 5.80. The van der Waals surface area contributed by atoms with Crippen LogP contribution in [0.1, 0.15) is 11.5 Å². The van der Waals surface area contributed by atoms with E-state index in [0.717, 1.165) is 34.0 Å². The fourth-order valence-corrected chi connectivity index (χ4v) is 2.58. The van der Waals surface area contributed by atoms with E-state index in [0.29, 0.717) is 5.88 Å². The molecular formula is C14H15ClN4O. The Hall–Kier alpha value is -2.01.